The van der Waals surface area contributed by atoms with Gasteiger partial charge in [0.2, 0.25) is 0 Å². The lowest BCUT2D eigenvalue weighted by Gasteiger charge is -2.34. The predicted molar refractivity (Wildman–Crippen MR) is 79.7 cm³/mol. The molecular formula is C15H24N4O. The molecule has 0 saturated carbocycles. The van der Waals surface area contributed by atoms with E-state index in [0.29, 0.717) is 0 Å². The molecule has 0 aliphatic carbocycles. The maximum atomic E-state index is 12.5. The molecule has 1 aliphatic heterocycles. The molecule has 1 aromatic rings. The van der Waals surface area contributed by atoms with E-state index in [1.807, 2.05) is 30.9 Å². The highest BCUT2D eigenvalue weighted by Crippen LogP contribution is 2.12. The second-order valence-electron chi connectivity index (χ2n) is 5.36. The first kappa shape index (κ1) is 14.9. The Balaban J connectivity index is 1.94. The van der Waals surface area contributed by atoms with Gasteiger partial charge in [0.1, 0.15) is 0 Å². The van der Waals surface area contributed by atoms with E-state index in [2.05, 4.69) is 9.88 Å². The van der Waals surface area contributed by atoms with Crippen molar-refractivity contribution in [1.82, 2.24) is 14.8 Å². The van der Waals surface area contributed by atoms with Gasteiger partial charge in [0, 0.05) is 31.9 Å². The minimum absolute atomic E-state index is 0.105. The zero-order valence-corrected chi connectivity index (χ0v) is 12.4. The van der Waals surface area contributed by atoms with Crippen molar-refractivity contribution < 1.29 is 4.79 Å². The van der Waals surface area contributed by atoms with Gasteiger partial charge in [0.05, 0.1) is 11.3 Å². The molecule has 0 bridgehead atoms. The summed E-state index contributed by atoms with van der Waals surface area (Å²) in [4.78, 5) is 21.2. The van der Waals surface area contributed by atoms with Crippen LogP contribution in [0, 0.1) is 13.8 Å². The van der Waals surface area contributed by atoms with Crippen molar-refractivity contribution in [2.75, 3.05) is 39.3 Å². The molecule has 1 saturated heterocycles. The van der Waals surface area contributed by atoms with Crippen LogP contribution in [0.15, 0.2) is 12.1 Å². The topological polar surface area (TPSA) is 62.5 Å². The van der Waals surface area contributed by atoms with Crippen LogP contribution in [0.2, 0.25) is 0 Å². The summed E-state index contributed by atoms with van der Waals surface area (Å²) >= 11 is 0. The molecule has 0 unspecified atom stereocenters. The van der Waals surface area contributed by atoms with Crippen molar-refractivity contribution in [3.8, 4) is 0 Å². The van der Waals surface area contributed by atoms with Gasteiger partial charge in [-0.05, 0) is 45.5 Å². The average Bonchev–Trinajstić information content (AvgIpc) is 2.45. The fraction of sp³-hybridized carbons (Fsp3) is 0.600. The summed E-state index contributed by atoms with van der Waals surface area (Å²) in [5, 5.41) is 0. The first-order valence-corrected chi connectivity index (χ1v) is 7.28. The quantitative estimate of drug-likeness (QED) is 0.884. The summed E-state index contributed by atoms with van der Waals surface area (Å²) in [5.74, 6) is 0.105. The Morgan fingerprint density at radius 1 is 1.25 bits per heavy atom. The smallest absolute Gasteiger partial charge is 0.255 e. The van der Waals surface area contributed by atoms with Gasteiger partial charge in [-0.3, -0.25) is 14.7 Å². The molecule has 1 aliphatic rings. The van der Waals surface area contributed by atoms with Crippen molar-refractivity contribution in [2.24, 2.45) is 5.73 Å². The number of rotatable bonds is 4. The van der Waals surface area contributed by atoms with E-state index in [1.54, 1.807) is 0 Å². The van der Waals surface area contributed by atoms with Crippen LogP contribution >= 0.6 is 0 Å². The fourth-order valence-electron chi connectivity index (χ4n) is 2.57. The monoisotopic (exact) mass is 276 g/mol. The van der Waals surface area contributed by atoms with Crippen LogP contribution < -0.4 is 5.73 Å². The van der Waals surface area contributed by atoms with E-state index < -0.39 is 0 Å². The van der Waals surface area contributed by atoms with E-state index in [1.165, 1.54) is 0 Å². The number of hydrogen-bond donors (Lipinski definition) is 1. The molecule has 5 nitrogen and oxygen atoms in total. The highest BCUT2D eigenvalue weighted by Gasteiger charge is 2.23. The lowest BCUT2D eigenvalue weighted by molar-refractivity contribution is 0.0635. The number of amides is 1. The summed E-state index contributed by atoms with van der Waals surface area (Å²) < 4.78 is 0. The maximum absolute atomic E-state index is 12.5. The highest BCUT2D eigenvalue weighted by atomic mass is 16.2. The Hall–Kier alpha value is -1.46. The van der Waals surface area contributed by atoms with Crippen LogP contribution in [0.5, 0.6) is 0 Å². The Bertz CT molecular complexity index is 467. The molecule has 2 rings (SSSR count). The Kier molecular flexibility index (Phi) is 5.09. The van der Waals surface area contributed by atoms with Crippen molar-refractivity contribution in [3.63, 3.8) is 0 Å². The third-order valence-corrected chi connectivity index (χ3v) is 3.79. The number of pyridine rings is 1. The standard InChI is InChI=1S/C15H24N4O/c1-12-4-5-14(13(2)17-12)15(20)19-10-8-18(9-11-19)7-3-6-16/h4-5H,3,6-11,16H2,1-2H3. The number of aryl methyl sites for hydroxylation is 2. The van der Waals surface area contributed by atoms with Gasteiger partial charge in [-0.25, -0.2) is 0 Å². The minimum Gasteiger partial charge on any atom is -0.336 e. The first-order valence-electron chi connectivity index (χ1n) is 7.28. The van der Waals surface area contributed by atoms with Crippen LogP contribution in [-0.2, 0) is 0 Å². The van der Waals surface area contributed by atoms with Crippen molar-refractivity contribution in [2.45, 2.75) is 20.3 Å². The Morgan fingerprint density at radius 2 is 1.95 bits per heavy atom. The van der Waals surface area contributed by atoms with Crippen molar-refractivity contribution in [1.29, 1.82) is 0 Å². The largest absolute Gasteiger partial charge is 0.336 e. The van der Waals surface area contributed by atoms with E-state index in [0.717, 1.165) is 62.6 Å². The molecular weight excluding hydrogens is 252 g/mol. The molecule has 110 valence electrons. The molecule has 1 aromatic heterocycles. The molecule has 0 atom stereocenters. The molecule has 5 heteroatoms. The first-order chi connectivity index (χ1) is 9.61. The number of carbonyl (C=O) groups excluding carboxylic acids is 1. The van der Waals surface area contributed by atoms with Gasteiger partial charge in [-0.1, -0.05) is 0 Å². The maximum Gasteiger partial charge on any atom is 0.255 e. The van der Waals surface area contributed by atoms with Crippen LogP contribution in [0.3, 0.4) is 0 Å². The second-order valence-corrected chi connectivity index (χ2v) is 5.36. The Morgan fingerprint density at radius 3 is 2.55 bits per heavy atom. The molecule has 1 fully saturated rings. The zero-order chi connectivity index (χ0) is 14.5. The van der Waals surface area contributed by atoms with E-state index in [9.17, 15) is 4.79 Å². The summed E-state index contributed by atoms with van der Waals surface area (Å²) in [6, 6.07) is 3.79. The summed E-state index contributed by atoms with van der Waals surface area (Å²) in [5.41, 5.74) is 8.03. The third-order valence-electron chi connectivity index (χ3n) is 3.79. The van der Waals surface area contributed by atoms with Crippen LogP contribution in [-0.4, -0.2) is 60.0 Å². The van der Waals surface area contributed by atoms with Crippen molar-refractivity contribution in [3.05, 3.63) is 29.1 Å². The molecule has 1 amide bonds. The second kappa shape index (κ2) is 6.81. The SMILES string of the molecule is Cc1ccc(C(=O)N2CCN(CCCN)CC2)c(C)n1. The van der Waals surface area contributed by atoms with E-state index >= 15 is 0 Å². The molecule has 20 heavy (non-hydrogen) atoms. The Labute approximate surface area is 120 Å². The predicted octanol–water partition coefficient (Wildman–Crippen LogP) is 0.805. The summed E-state index contributed by atoms with van der Waals surface area (Å²) in [6.07, 6.45) is 1.02. The summed E-state index contributed by atoms with van der Waals surface area (Å²) in [6.45, 7) is 9.05. The van der Waals surface area contributed by atoms with Gasteiger partial charge < -0.3 is 10.6 Å². The summed E-state index contributed by atoms with van der Waals surface area (Å²) in [7, 11) is 0. The average molecular weight is 276 g/mol. The molecule has 0 aromatic carbocycles. The van der Waals surface area contributed by atoms with E-state index in [-0.39, 0.29) is 5.91 Å². The third kappa shape index (κ3) is 3.55. The molecule has 0 spiro atoms. The van der Waals surface area contributed by atoms with Gasteiger partial charge in [-0.15, -0.1) is 0 Å². The van der Waals surface area contributed by atoms with E-state index in [4.69, 9.17) is 5.73 Å². The number of nitrogens with zero attached hydrogens (tertiary/aromatic N) is 3. The fourth-order valence-corrected chi connectivity index (χ4v) is 2.57. The number of aromatic nitrogens is 1. The molecule has 2 N–H and O–H groups in total. The van der Waals surface area contributed by atoms with Gasteiger partial charge in [0.25, 0.3) is 5.91 Å². The van der Waals surface area contributed by atoms with Crippen LogP contribution in [0.1, 0.15) is 28.2 Å². The minimum atomic E-state index is 0.105. The molecule has 0 radical (unpaired) electrons. The van der Waals surface area contributed by atoms with Gasteiger partial charge in [-0.2, -0.15) is 0 Å². The highest BCUT2D eigenvalue weighted by molar-refractivity contribution is 5.95. The van der Waals surface area contributed by atoms with Crippen LogP contribution in [0.4, 0.5) is 0 Å². The number of hydrogen-bond acceptors (Lipinski definition) is 4. The zero-order valence-electron chi connectivity index (χ0n) is 12.4. The number of nitrogens with two attached hydrogens (primary N) is 1. The molecule has 2 heterocycles. The number of carbonyl (C=O) groups is 1. The van der Waals surface area contributed by atoms with Crippen molar-refractivity contribution >= 4 is 5.91 Å². The number of piperazine rings is 1. The van der Waals surface area contributed by atoms with Gasteiger partial charge in [0.15, 0.2) is 0 Å². The normalized spacial score (nSPS) is 16.4. The van der Waals surface area contributed by atoms with Gasteiger partial charge >= 0.3 is 0 Å². The lowest BCUT2D eigenvalue weighted by atomic mass is 10.1. The lowest BCUT2D eigenvalue weighted by Crippen LogP contribution is -2.49. The van der Waals surface area contributed by atoms with Crippen LogP contribution in [0.25, 0.3) is 0 Å².